The van der Waals surface area contributed by atoms with Crippen molar-refractivity contribution in [2.24, 2.45) is 0 Å². The van der Waals surface area contributed by atoms with Gasteiger partial charge in [-0.3, -0.25) is 9.69 Å². The highest BCUT2D eigenvalue weighted by Crippen LogP contribution is 2.27. The molecule has 1 aromatic heterocycles. The van der Waals surface area contributed by atoms with E-state index in [0.29, 0.717) is 54.6 Å². The first kappa shape index (κ1) is 25.3. The molecule has 0 fully saturated rings. The number of hydrogen-bond donors (Lipinski definition) is 0. The summed E-state index contributed by atoms with van der Waals surface area (Å²) in [5, 5.41) is 0. The minimum atomic E-state index is -0.223. The topological polar surface area (TPSA) is 55.2 Å². The van der Waals surface area contributed by atoms with Gasteiger partial charge in [-0.25, -0.2) is 4.39 Å². The number of ether oxygens (including phenoxy) is 2. The lowest BCUT2D eigenvalue weighted by Crippen LogP contribution is -2.30. The number of benzene rings is 2. The third kappa shape index (κ3) is 6.38. The lowest BCUT2D eigenvalue weighted by molar-refractivity contribution is 0.0760. The summed E-state index contributed by atoms with van der Waals surface area (Å²) in [6.45, 7) is 5.57. The summed E-state index contributed by atoms with van der Waals surface area (Å²) >= 11 is 0. The van der Waals surface area contributed by atoms with E-state index in [1.165, 1.54) is 6.07 Å². The molecule has 0 aliphatic heterocycles. The summed E-state index contributed by atoms with van der Waals surface area (Å²) in [7, 11) is 4.95. The van der Waals surface area contributed by atoms with E-state index >= 15 is 0 Å². The third-order valence-electron chi connectivity index (χ3n) is 5.82. The number of carbonyl (C=O) groups is 1. The Bertz CT molecular complexity index is 1100. The molecule has 0 unspecified atom stereocenters. The van der Waals surface area contributed by atoms with Crippen LogP contribution in [0.2, 0.25) is 0 Å². The van der Waals surface area contributed by atoms with Crippen molar-refractivity contribution in [2.75, 3.05) is 27.8 Å². The Hall–Kier alpha value is -3.32. The van der Waals surface area contributed by atoms with Gasteiger partial charge in [0.2, 0.25) is 0 Å². The molecule has 0 bridgehead atoms. The summed E-state index contributed by atoms with van der Waals surface area (Å²) in [5.41, 5.74) is 1.67. The van der Waals surface area contributed by atoms with Crippen molar-refractivity contribution in [3.8, 4) is 11.5 Å². The fraction of sp³-hybridized carbons (Fsp3) is 0.370. The van der Waals surface area contributed by atoms with E-state index < -0.39 is 0 Å². The molecule has 0 aliphatic rings. The number of hydrogen-bond acceptors (Lipinski definition) is 5. The quantitative estimate of drug-likeness (QED) is 0.389. The second-order valence-corrected chi connectivity index (χ2v) is 8.52. The number of halogens is 1. The van der Waals surface area contributed by atoms with Gasteiger partial charge in [0, 0.05) is 31.7 Å². The molecule has 0 radical (unpaired) electrons. The first-order valence-electron chi connectivity index (χ1n) is 11.3. The maximum absolute atomic E-state index is 14.1. The van der Waals surface area contributed by atoms with Crippen molar-refractivity contribution >= 4 is 5.91 Å². The van der Waals surface area contributed by atoms with Crippen molar-refractivity contribution in [1.29, 1.82) is 0 Å². The number of amides is 1. The molecule has 0 aliphatic carbocycles. The van der Waals surface area contributed by atoms with E-state index in [1.807, 2.05) is 30.3 Å². The van der Waals surface area contributed by atoms with Crippen LogP contribution < -0.4 is 9.47 Å². The minimum absolute atomic E-state index is 0.174. The molecule has 0 spiro atoms. The molecule has 34 heavy (non-hydrogen) atoms. The van der Waals surface area contributed by atoms with Crippen molar-refractivity contribution < 1.29 is 23.1 Å². The van der Waals surface area contributed by atoms with Gasteiger partial charge >= 0.3 is 0 Å². The molecule has 0 saturated carbocycles. The van der Waals surface area contributed by atoms with E-state index in [4.69, 9.17) is 13.9 Å². The Labute approximate surface area is 200 Å². The predicted molar refractivity (Wildman–Crippen MR) is 130 cm³/mol. The predicted octanol–water partition coefficient (Wildman–Crippen LogP) is 5.16. The number of methoxy groups -OCH3 is 2. The van der Waals surface area contributed by atoms with Gasteiger partial charge in [0.25, 0.3) is 5.91 Å². The lowest BCUT2D eigenvalue weighted by atomic mass is 10.1. The van der Waals surface area contributed by atoms with Crippen LogP contribution in [-0.2, 0) is 19.5 Å². The Balaban J connectivity index is 1.60. The summed E-state index contributed by atoms with van der Waals surface area (Å²) in [6, 6.07) is 16.2. The van der Waals surface area contributed by atoms with Crippen LogP contribution in [0.3, 0.4) is 0 Å². The molecule has 1 amide bonds. The average Bonchev–Trinajstić information content (AvgIpc) is 3.31. The van der Waals surface area contributed by atoms with Crippen LogP contribution >= 0.6 is 0 Å². The first-order chi connectivity index (χ1) is 16.3. The molecule has 2 aromatic carbocycles. The summed E-state index contributed by atoms with van der Waals surface area (Å²) < 4.78 is 30.6. The highest BCUT2D eigenvalue weighted by Gasteiger charge is 2.19. The molecule has 182 valence electrons. The Morgan fingerprint density at radius 2 is 1.74 bits per heavy atom. The van der Waals surface area contributed by atoms with Crippen LogP contribution in [-0.4, -0.2) is 49.6 Å². The summed E-state index contributed by atoms with van der Waals surface area (Å²) in [6.07, 6.45) is 0.667. The van der Waals surface area contributed by atoms with Crippen molar-refractivity contribution in [3.05, 3.63) is 83.1 Å². The maximum atomic E-state index is 14.1. The van der Waals surface area contributed by atoms with Crippen LogP contribution in [0.15, 0.2) is 59.0 Å². The summed E-state index contributed by atoms with van der Waals surface area (Å²) in [5.74, 6) is 1.89. The Morgan fingerprint density at radius 1 is 1.00 bits per heavy atom. The highest BCUT2D eigenvalue weighted by molar-refractivity contribution is 5.91. The lowest BCUT2D eigenvalue weighted by Gasteiger charge is -2.25. The van der Waals surface area contributed by atoms with E-state index in [-0.39, 0.29) is 17.8 Å². The standard InChI is InChI=1S/C27H33FN2O4/c1-19(2)30(17-21-8-6-7-9-23(21)28)18-22-11-13-25(34-22)27(31)29(3)15-14-20-10-12-24(32-4)26(16-20)33-5/h6-13,16,19H,14-15,17-18H2,1-5H3. The van der Waals surface area contributed by atoms with Gasteiger partial charge < -0.3 is 18.8 Å². The number of nitrogens with zero attached hydrogens (tertiary/aromatic N) is 2. The monoisotopic (exact) mass is 468 g/mol. The molecule has 1 heterocycles. The minimum Gasteiger partial charge on any atom is -0.493 e. The van der Waals surface area contributed by atoms with Gasteiger partial charge in [0.05, 0.1) is 20.8 Å². The molecule has 7 heteroatoms. The van der Waals surface area contributed by atoms with Crippen LogP contribution in [0, 0.1) is 5.82 Å². The van der Waals surface area contributed by atoms with E-state index in [9.17, 15) is 9.18 Å². The fourth-order valence-electron chi connectivity index (χ4n) is 3.67. The van der Waals surface area contributed by atoms with E-state index in [1.54, 1.807) is 44.4 Å². The fourth-order valence-corrected chi connectivity index (χ4v) is 3.67. The Morgan fingerprint density at radius 3 is 2.41 bits per heavy atom. The van der Waals surface area contributed by atoms with Gasteiger partial charge in [0.15, 0.2) is 17.3 Å². The SMILES string of the molecule is COc1ccc(CCN(C)C(=O)c2ccc(CN(Cc3ccccc3F)C(C)C)o2)cc1OC. The van der Waals surface area contributed by atoms with Crippen molar-refractivity contribution in [3.63, 3.8) is 0 Å². The number of likely N-dealkylation sites (N-methyl/N-ethyl adjacent to an activating group) is 1. The largest absolute Gasteiger partial charge is 0.493 e. The van der Waals surface area contributed by atoms with Crippen LogP contribution in [0.4, 0.5) is 4.39 Å². The average molecular weight is 469 g/mol. The normalized spacial score (nSPS) is 11.2. The molecule has 0 saturated heterocycles. The zero-order chi connectivity index (χ0) is 24.7. The smallest absolute Gasteiger partial charge is 0.289 e. The molecular formula is C27H33FN2O4. The Kier molecular flexibility index (Phi) is 8.71. The molecule has 3 aromatic rings. The van der Waals surface area contributed by atoms with E-state index in [0.717, 1.165) is 5.56 Å². The molecule has 0 atom stereocenters. The highest BCUT2D eigenvalue weighted by atomic mass is 19.1. The zero-order valence-electron chi connectivity index (χ0n) is 20.5. The number of carbonyl (C=O) groups excluding carboxylic acids is 1. The maximum Gasteiger partial charge on any atom is 0.289 e. The van der Waals surface area contributed by atoms with E-state index in [2.05, 4.69) is 18.7 Å². The molecule has 3 rings (SSSR count). The third-order valence-corrected chi connectivity index (χ3v) is 5.82. The van der Waals surface area contributed by atoms with Gasteiger partial charge in [-0.05, 0) is 56.2 Å². The first-order valence-corrected chi connectivity index (χ1v) is 11.3. The molecular weight excluding hydrogens is 435 g/mol. The van der Waals surface area contributed by atoms with Crippen LogP contribution in [0.5, 0.6) is 11.5 Å². The van der Waals surface area contributed by atoms with Gasteiger partial charge in [-0.2, -0.15) is 0 Å². The second kappa shape index (κ2) is 11.7. The molecule has 6 nitrogen and oxygen atoms in total. The zero-order valence-corrected chi connectivity index (χ0v) is 20.5. The van der Waals surface area contributed by atoms with Gasteiger partial charge in [-0.15, -0.1) is 0 Å². The van der Waals surface area contributed by atoms with Crippen LogP contribution in [0.25, 0.3) is 0 Å². The number of furan rings is 1. The van der Waals surface area contributed by atoms with Gasteiger partial charge in [0.1, 0.15) is 11.6 Å². The van der Waals surface area contributed by atoms with Crippen molar-refractivity contribution in [2.45, 2.75) is 39.4 Å². The number of rotatable bonds is 11. The van der Waals surface area contributed by atoms with Crippen LogP contribution in [0.1, 0.15) is 41.3 Å². The summed E-state index contributed by atoms with van der Waals surface area (Å²) in [4.78, 5) is 16.6. The van der Waals surface area contributed by atoms with Crippen molar-refractivity contribution in [1.82, 2.24) is 9.80 Å². The second-order valence-electron chi connectivity index (χ2n) is 8.52. The molecule has 0 N–H and O–H groups in total. The van der Waals surface area contributed by atoms with Gasteiger partial charge in [-0.1, -0.05) is 24.3 Å².